The summed E-state index contributed by atoms with van der Waals surface area (Å²) in [6, 6.07) is 8.94. The average Bonchev–Trinajstić information content (AvgIpc) is 2.35. The number of hydrogen-bond donors (Lipinski definition) is 0. The van der Waals surface area contributed by atoms with Crippen LogP contribution in [0.15, 0.2) is 43.0 Å². The van der Waals surface area contributed by atoms with Crippen molar-refractivity contribution in [2.75, 3.05) is 0 Å². The minimum absolute atomic E-state index is 0.0150. The van der Waals surface area contributed by atoms with E-state index in [0.29, 0.717) is 12.0 Å². The summed E-state index contributed by atoms with van der Waals surface area (Å²) < 4.78 is 0. The molecule has 0 aromatic heterocycles. The number of rotatable bonds is 6. The lowest BCUT2D eigenvalue weighted by Crippen LogP contribution is -2.27. The fourth-order valence-electron chi connectivity index (χ4n) is 1.73. The van der Waals surface area contributed by atoms with Crippen LogP contribution in [0.1, 0.15) is 30.6 Å². The summed E-state index contributed by atoms with van der Waals surface area (Å²) >= 11 is 0. The van der Waals surface area contributed by atoms with Crippen molar-refractivity contribution in [3.63, 3.8) is 0 Å². The highest BCUT2D eigenvalue weighted by Gasteiger charge is 2.27. The Bertz CT molecular complexity index is 404. The van der Waals surface area contributed by atoms with Crippen molar-refractivity contribution in [1.82, 2.24) is 0 Å². The van der Waals surface area contributed by atoms with Crippen LogP contribution in [0.2, 0.25) is 0 Å². The molecule has 2 heteroatoms. The molecule has 0 bridgehead atoms. The first-order valence-electron chi connectivity index (χ1n) is 5.81. The lowest BCUT2D eigenvalue weighted by Gasteiger charge is -2.15. The number of carbonyl (C=O) groups excluding carboxylic acids is 2. The van der Waals surface area contributed by atoms with Crippen LogP contribution >= 0.6 is 0 Å². The number of carbonyl (C=O) groups is 2. The Hall–Kier alpha value is -1.70. The normalized spacial score (nSPS) is 12.2. The molecule has 0 unspecified atom stereocenters. The molecule has 0 aliphatic rings. The van der Waals surface area contributed by atoms with Crippen LogP contribution in [0, 0.1) is 11.8 Å². The van der Waals surface area contributed by atoms with E-state index in [1.54, 1.807) is 30.3 Å². The van der Waals surface area contributed by atoms with Gasteiger partial charge in [0.15, 0.2) is 5.78 Å². The molecule has 0 saturated heterocycles. The maximum Gasteiger partial charge on any atom is 0.173 e. The van der Waals surface area contributed by atoms with Crippen molar-refractivity contribution < 1.29 is 9.59 Å². The largest absolute Gasteiger partial charge is 0.299 e. The van der Waals surface area contributed by atoms with Gasteiger partial charge in [0.1, 0.15) is 5.78 Å². The van der Waals surface area contributed by atoms with Crippen molar-refractivity contribution in [3.05, 3.63) is 48.6 Å². The molecule has 90 valence electrons. The summed E-state index contributed by atoms with van der Waals surface area (Å²) in [6.07, 6.45) is 2.04. The summed E-state index contributed by atoms with van der Waals surface area (Å²) in [5.74, 6) is -0.842. The van der Waals surface area contributed by atoms with Crippen LogP contribution in [0.5, 0.6) is 0 Å². The molecule has 0 spiro atoms. The van der Waals surface area contributed by atoms with Gasteiger partial charge in [0.05, 0.1) is 5.92 Å². The molecular weight excluding hydrogens is 212 g/mol. The third-order valence-corrected chi connectivity index (χ3v) is 2.69. The monoisotopic (exact) mass is 230 g/mol. The molecule has 0 fully saturated rings. The van der Waals surface area contributed by atoms with Gasteiger partial charge in [0.2, 0.25) is 0 Å². The number of hydrogen-bond acceptors (Lipinski definition) is 2. The Labute approximate surface area is 102 Å². The Balaban J connectivity index is 2.96. The number of ketones is 2. The van der Waals surface area contributed by atoms with Gasteiger partial charge in [-0.05, 0) is 6.42 Å². The van der Waals surface area contributed by atoms with E-state index >= 15 is 0 Å². The predicted molar refractivity (Wildman–Crippen MR) is 68.9 cm³/mol. The smallest absolute Gasteiger partial charge is 0.173 e. The molecular formula is C15H18O2. The van der Waals surface area contributed by atoms with Gasteiger partial charge in [-0.25, -0.2) is 0 Å². The van der Waals surface area contributed by atoms with Crippen LogP contribution < -0.4 is 0 Å². The van der Waals surface area contributed by atoms with E-state index in [1.165, 1.54) is 0 Å². The quantitative estimate of drug-likeness (QED) is 0.427. The van der Waals surface area contributed by atoms with Gasteiger partial charge in [-0.1, -0.05) is 50.3 Å². The Morgan fingerprint density at radius 2 is 1.82 bits per heavy atom. The van der Waals surface area contributed by atoms with E-state index in [2.05, 4.69) is 6.58 Å². The fraction of sp³-hybridized carbons (Fsp3) is 0.333. The van der Waals surface area contributed by atoms with Crippen molar-refractivity contribution >= 4 is 11.6 Å². The summed E-state index contributed by atoms with van der Waals surface area (Å²) in [7, 11) is 0. The molecule has 1 aromatic carbocycles. The summed E-state index contributed by atoms with van der Waals surface area (Å²) in [6.45, 7) is 7.25. The zero-order valence-corrected chi connectivity index (χ0v) is 10.3. The molecule has 1 rings (SSSR count). The van der Waals surface area contributed by atoms with Gasteiger partial charge in [-0.3, -0.25) is 9.59 Å². The van der Waals surface area contributed by atoms with Crippen molar-refractivity contribution in [1.29, 1.82) is 0 Å². The second kappa shape index (κ2) is 6.14. The molecule has 0 amide bonds. The van der Waals surface area contributed by atoms with Crippen LogP contribution in [0.25, 0.3) is 0 Å². The van der Waals surface area contributed by atoms with Crippen molar-refractivity contribution in [2.24, 2.45) is 11.8 Å². The molecule has 0 N–H and O–H groups in total. The standard InChI is InChI=1S/C15H18O2/c1-4-8-13(14(16)11(2)3)15(17)12-9-6-5-7-10-12/h4-7,9-11,13H,1,8H2,2-3H3/t13-/m1/s1. The third kappa shape index (κ3) is 3.38. The number of Topliss-reactive ketones (excluding diaryl/α,β-unsaturated/α-hetero) is 2. The first kappa shape index (κ1) is 13.4. The second-order valence-electron chi connectivity index (χ2n) is 4.36. The highest BCUT2D eigenvalue weighted by molar-refractivity contribution is 6.11. The van der Waals surface area contributed by atoms with Crippen LogP contribution in [-0.4, -0.2) is 11.6 Å². The van der Waals surface area contributed by atoms with E-state index in [1.807, 2.05) is 19.9 Å². The first-order chi connectivity index (χ1) is 8.07. The zero-order chi connectivity index (χ0) is 12.8. The minimum atomic E-state index is -0.588. The minimum Gasteiger partial charge on any atom is -0.299 e. The van der Waals surface area contributed by atoms with Crippen LogP contribution in [-0.2, 0) is 4.79 Å². The maximum absolute atomic E-state index is 12.2. The lowest BCUT2D eigenvalue weighted by atomic mass is 9.86. The van der Waals surface area contributed by atoms with E-state index in [4.69, 9.17) is 0 Å². The van der Waals surface area contributed by atoms with Gasteiger partial charge < -0.3 is 0 Å². The molecule has 0 radical (unpaired) electrons. The Morgan fingerprint density at radius 3 is 2.29 bits per heavy atom. The SMILES string of the molecule is C=CC[C@@H](C(=O)c1ccccc1)C(=O)C(C)C. The highest BCUT2D eigenvalue weighted by atomic mass is 16.2. The van der Waals surface area contributed by atoms with E-state index in [9.17, 15) is 9.59 Å². The van der Waals surface area contributed by atoms with Gasteiger partial charge in [-0.15, -0.1) is 6.58 Å². The summed E-state index contributed by atoms with van der Waals surface area (Å²) in [5, 5.41) is 0. The van der Waals surface area contributed by atoms with Crippen molar-refractivity contribution in [2.45, 2.75) is 20.3 Å². The van der Waals surface area contributed by atoms with Gasteiger partial charge in [0, 0.05) is 11.5 Å². The lowest BCUT2D eigenvalue weighted by molar-refractivity contribution is -0.124. The summed E-state index contributed by atoms with van der Waals surface area (Å²) in [4.78, 5) is 24.2. The molecule has 1 aromatic rings. The first-order valence-corrected chi connectivity index (χ1v) is 5.81. The Kier molecular flexibility index (Phi) is 4.83. The molecule has 0 saturated carbocycles. The second-order valence-corrected chi connectivity index (χ2v) is 4.36. The Morgan fingerprint density at radius 1 is 1.24 bits per heavy atom. The van der Waals surface area contributed by atoms with Crippen LogP contribution in [0.3, 0.4) is 0 Å². The molecule has 2 nitrogen and oxygen atoms in total. The molecule has 1 atom stereocenters. The van der Waals surface area contributed by atoms with Gasteiger partial charge >= 0.3 is 0 Å². The predicted octanol–water partition coefficient (Wildman–Crippen LogP) is 3.29. The van der Waals surface area contributed by atoms with E-state index < -0.39 is 5.92 Å². The van der Waals surface area contributed by atoms with Gasteiger partial charge in [-0.2, -0.15) is 0 Å². The summed E-state index contributed by atoms with van der Waals surface area (Å²) in [5.41, 5.74) is 0.591. The van der Waals surface area contributed by atoms with E-state index in [0.717, 1.165) is 0 Å². The zero-order valence-electron chi connectivity index (χ0n) is 10.3. The average molecular weight is 230 g/mol. The third-order valence-electron chi connectivity index (χ3n) is 2.69. The highest BCUT2D eigenvalue weighted by Crippen LogP contribution is 2.18. The van der Waals surface area contributed by atoms with Crippen LogP contribution in [0.4, 0.5) is 0 Å². The molecule has 0 aliphatic carbocycles. The maximum atomic E-state index is 12.2. The van der Waals surface area contributed by atoms with Gasteiger partial charge in [0.25, 0.3) is 0 Å². The molecule has 0 aliphatic heterocycles. The molecule has 17 heavy (non-hydrogen) atoms. The fourth-order valence-corrected chi connectivity index (χ4v) is 1.73. The van der Waals surface area contributed by atoms with Crippen molar-refractivity contribution in [3.8, 4) is 0 Å². The molecule has 0 heterocycles. The number of allylic oxidation sites excluding steroid dienone is 1. The van der Waals surface area contributed by atoms with E-state index in [-0.39, 0.29) is 17.5 Å². The topological polar surface area (TPSA) is 34.1 Å². The number of benzene rings is 1.